The molecule has 0 aliphatic heterocycles. The Morgan fingerprint density at radius 2 is 1.68 bits per heavy atom. The van der Waals surface area contributed by atoms with E-state index in [1.165, 1.54) is 12.1 Å². The Kier molecular flexibility index (Phi) is 3.34. The largest absolute Gasteiger partial charge is 0.288 e. The molecule has 0 bridgehead atoms. The van der Waals surface area contributed by atoms with Gasteiger partial charge in [-0.15, -0.1) is 0 Å². The minimum atomic E-state index is -1.00. The van der Waals surface area contributed by atoms with Crippen molar-refractivity contribution in [3.05, 3.63) is 70.5 Å². The van der Waals surface area contributed by atoms with Crippen molar-refractivity contribution in [3.63, 3.8) is 0 Å². The highest BCUT2D eigenvalue weighted by Gasteiger charge is 2.17. The van der Waals surface area contributed by atoms with Crippen molar-refractivity contribution in [2.75, 3.05) is 0 Å². The topological polar surface area (TPSA) is 40.9 Å². The molecule has 0 saturated heterocycles. The fourth-order valence-electron chi connectivity index (χ4n) is 1.63. The summed E-state index contributed by atoms with van der Waals surface area (Å²) in [5.74, 6) is -3.74. The van der Waals surface area contributed by atoms with Gasteiger partial charge in [0.1, 0.15) is 17.7 Å². The number of hydrogen-bond donors (Lipinski definition) is 0. The lowest BCUT2D eigenvalue weighted by Gasteiger charge is -2.04. The lowest BCUT2D eigenvalue weighted by atomic mass is 10.0. The summed E-state index contributed by atoms with van der Waals surface area (Å²) in [6.07, 6.45) is 0. The van der Waals surface area contributed by atoms with E-state index in [0.29, 0.717) is 6.07 Å². The highest BCUT2D eigenvalue weighted by Crippen LogP contribution is 2.18. The molecule has 0 aliphatic rings. The van der Waals surface area contributed by atoms with E-state index in [2.05, 4.69) is 0 Å². The summed E-state index contributed by atoms with van der Waals surface area (Å²) in [6, 6.07) is 7.50. The lowest BCUT2D eigenvalue weighted by molar-refractivity contribution is 0.103. The van der Waals surface area contributed by atoms with Gasteiger partial charge in [0, 0.05) is 11.6 Å². The Balaban J connectivity index is 2.54. The van der Waals surface area contributed by atoms with Gasteiger partial charge < -0.3 is 0 Å². The van der Waals surface area contributed by atoms with Crippen LogP contribution in [0.3, 0.4) is 0 Å². The summed E-state index contributed by atoms with van der Waals surface area (Å²) >= 11 is 0. The van der Waals surface area contributed by atoms with Crippen molar-refractivity contribution in [3.8, 4) is 6.07 Å². The fraction of sp³-hybridized carbons (Fsp3) is 0. The zero-order valence-electron chi connectivity index (χ0n) is 9.45. The average molecular weight is 261 g/mol. The fourth-order valence-corrected chi connectivity index (χ4v) is 1.63. The minimum Gasteiger partial charge on any atom is -0.288 e. The molecule has 0 aliphatic carbocycles. The van der Waals surface area contributed by atoms with Crippen LogP contribution in [0.1, 0.15) is 21.5 Å². The molecule has 0 N–H and O–H groups in total. The third-order valence-corrected chi connectivity index (χ3v) is 2.49. The highest BCUT2D eigenvalue weighted by atomic mass is 19.1. The van der Waals surface area contributed by atoms with Gasteiger partial charge in [0.15, 0.2) is 11.6 Å². The van der Waals surface area contributed by atoms with Gasteiger partial charge in [0.25, 0.3) is 0 Å². The van der Waals surface area contributed by atoms with E-state index in [9.17, 15) is 18.0 Å². The molecule has 0 radical (unpaired) electrons. The molecule has 2 aromatic rings. The summed E-state index contributed by atoms with van der Waals surface area (Å²) in [7, 11) is 0. The predicted molar refractivity (Wildman–Crippen MR) is 60.9 cm³/mol. The molecule has 19 heavy (non-hydrogen) atoms. The van der Waals surface area contributed by atoms with Gasteiger partial charge in [-0.1, -0.05) is 6.07 Å². The zero-order chi connectivity index (χ0) is 14.0. The molecule has 0 aromatic heterocycles. The molecule has 0 amide bonds. The third-order valence-electron chi connectivity index (χ3n) is 2.49. The predicted octanol–water partition coefficient (Wildman–Crippen LogP) is 3.21. The number of nitrogens with zero attached hydrogens (tertiary/aromatic N) is 1. The maximum Gasteiger partial charge on any atom is 0.196 e. The van der Waals surface area contributed by atoms with Crippen molar-refractivity contribution in [2.24, 2.45) is 0 Å². The number of ketones is 1. The molecule has 0 spiro atoms. The van der Waals surface area contributed by atoms with E-state index in [4.69, 9.17) is 5.26 Å². The quantitative estimate of drug-likeness (QED) is 0.779. The number of halogens is 3. The monoisotopic (exact) mass is 261 g/mol. The maximum atomic E-state index is 13.8. The van der Waals surface area contributed by atoms with Gasteiger partial charge in [-0.05, 0) is 24.3 Å². The smallest absolute Gasteiger partial charge is 0.196 e. The Labute approximate surface area is 106 Å². The number of rotatable bonds is 2. The van der Waals surface area contributed by atoms with Gasteiger partial charge in [0.05, 0.1) is 11.1 Å². The Morgan fingerprint density at radius 1 is 1.05 bits per heavy atom. The third kappa shape index (κ3) is 2.47. The molecule has 0 atom stereocenters. The summed E-state index contributed by atoms with van der Waals surface area (Å²) in [6.45, 7) is 0. The van der Waals surface area contributed by atoms with Gasteiger partial charge in [-0.25, -0.2) is 13.2 Å². The zero-order valence-corrected chi connectivity index (χ0v) is 9.45. The number of benzene rings is 2. The van der Waals surface area contributed by atoms with Crippen molar-refractivity contribution >= 4 is 5.78 Å². The SMILES string of the molecule is N#Cc1cccc(C(=O)c2cc(F)cc(F)c2)c1F. The van der Waals surface area contributed by atoms with Crippen LogP contribution in [0.5, 0.6) is 0 Å². The van der Waals surface area contributed by atoms with E-state index in [0.717, 1.165) is 18.2 Å². The van der Waals surface area contributed by atoms with Gasteiger partial charge in [-0.3, -0.25) is 4.79 Å². The normalized spacial score (nSPS) is 10.0. The van der Waals surface area contributed by atoms with E-state index in [1.54, 1.807) is 6.07 Å². The molecule has 2 rings (SSSR count). The molecular weight excluding hydrogens is 255 g/mol. The second-order valence-corrected chi connectivity index (χ2v) is 3.77. The van der Waals surface area contributed by atoms with Crippen molar-refractivity contribution in [1.82, 2.24) is 0 Å². The van der Waals surface area contributed by atoms with Crippen LogP contribution in [-0.4, -0.2) is 5.78 Å². The average Bonchev–Trinajstić information content (AvgIpc) is 2.37. The van der Waals surface area contributed by atoms with Crippen LogP contribution < -0.4 is 0 Å². The van der Waals surface area contributed by atoms with Gasteiger partial charge in [-0.2, -0.15) is 5.26 Å². The van der Waals surface area contributed by atoms with E-state index < -0.39 is 28.8 Å². The van der Waals surface area contributed by atoms with E-state index in [-0.39, 0.29) is 11.1 Å². The first-order valence-electron chi connectivity index (χ1n) is 5.22. The molecule has 0 unspecified atom stereocenters. The standard InChI is InChI=1S/C14H6F3NO/c15-10-4-9(5-11(16)6-10)14(19)12-3-1-2-8(7-18)13(12)17/h1-6H. The first kappa shape index (κ1) is 12.8. The summed E-state index contributed by atoms with van der Waals surface area (Å²) in [4.78, 5) is 12.0. The number of hydrogen-bond acceptors (Lipinski definition) is 2. The number of nitriles is 1. The van der Waals surface area contributed by atoms with Crippen LogP contribution in [-0.2, 0) is 0 Å². The summed E-state index contributed by atoms with van der Waals surface area (Å²) in [5.41, 5.74) is -1.02. The maximum absolute atomic E-state index is 13.8. The van der Waals surface area contributed by atoms with Crippen molar-refractivity contribution in [2.45, 2.75) is 0 Å². The molecule has 0 heterocycles. The van der Waals surface area contributed by atoms with Crippen LogP contribution in [0.15, 0.2) is 36.4 Å². The Bertz CT molecular complexity index is 684. The van der Waals surface area contributed by atoms with Gasteiger partial charge in [0.2, 0.25) is 0 Å². The first-order valence-corrected chi connectivity index (χ1v) is 5.22. The van der Waals surface area contributed by atoms with Crippen LogP contribution in [0.2, 0.25) is 0 Å². The van der Waals surface area contributed by atoms with E-state index in [1.807, 2.05) is 0 Å². The molecule has 2 nitrogen and oxygen atoms in total. The number of carbonyl (C=O) groups excluding carboxylic acids is 1. The van der Waals surface area contributed by atoms with Crippen molar-refractivity contribution in [1.29, 1.82) is 5.26 Å². The molecule has 5 heteroatoms. The molecule has 94 valence electrons. The van der Waals surface area contributed by atoms with Crippen molar-refractivity contribution < 1.29 is 18.0 Å². The van der Waals surface area contributed by atoms with Crippen LogP contribution in [0.25, 0.3) is 0 Å². The summed E-state index contributed by atoms with van der Waals surface area (Å²) < 4.78 is 39.8. The lowest BCUT2D eigenvalue weighted by Crippen LogP contribution is -2.06. The first-order chi connectivity index (χ1) is 9.02. The minimum absolute atomic E-state index is 0.303. The summed E-state index contributed by atoms with van der Waals surface area (Å²) in [5, 5.41) is 8.66. The second kappa shape index (κ2) is 4.94. The molecule has 0 saturated carbocycles. The van der Waals surface area contributed by atoms with Crippen LogP contribution in [0.4, 0.5) is 13.2 Å². The van der Waals surface area contributed by atoms with Gasteiger partial charge >= 0.3 is 0 Å². The Morgan fingerprint density at radius 3 is 2.26 bits per heavy atom. The van der Waals surface area contributed by atoms with E-state index >= 15 is 0 Å². The highest BCUT2D eigenvalue weighted by molar-refractivity contribution is 6.09. The number of carbonyl (C=O) groups is 1. The molecule has 0 fully saturated rings. The Hall–Kier alpha value is -2.61. The van der Waals surface area contributed by atoms with Crippen LogP contribution in [0, 0.1) is 28.8 Å². The van der Waals surface area contributed by atoms with Crippen LogP contribution >= 0.6 is 0 Å². The molecular formula is C14H6F3NO. The molecule has 2 aromatic carbocycles. The second-order valence-electron chi connectivity index (χ2n) is 3.77.